The van der Waals surface area contributed by atoms with Gasteiger partial charge in [-0.05, 0) is 30.2 Å². The first-order valence-corrected chi connectivity index (χ1v) is 5.46. The first kappa shape index (κ1) is 11.2. The summed E-state index contributed by atoms with van der Waals surface area (Å²) < 4.78 is 5.69. The molecule has 3 nitrogen and oxygen atoms in total. The second-order valence-electron chi connectivity index (χ2n) is 3.53. The lowest BCUT2D eigenvalue weighted by Crippen LogP contribution is -1.94. The van der Waals surface area contributed by atoms with Gasteiger partial charge >= 0.3 is 0 Å². The quantitative estimate of drug-likeness (QED) is 0.803. The Morgan fingerprint density at radius 3 is 2.82 bits per heavy atom. The number of rotatable bonds is 3. The highest BCUT2D eigenvalue weighted by Gasteiger charge is 2.07. The molecule has 0 aliphatic rings. The zero-order valence-electron chi connectivity index (χ0n) is 9.55. The molecule has 0 spiro atoms. The molecule has 1 aromatic carbocycles. The van der Waals surface area contributed by atoms with E-state index >= 15 is 0 Å². The van der Waals surface area contributed by atoms with E-state index < -0.39 is 0 Å². The topological polar surface area (TPSA) is 45.9 Å². The summed E-state index contributed by atoms with van der Waals surface area (Å²) in [6.07, 6.45) is 2.50. The van der Waals surface area contributed by atoms with Gasteiger partial charge in [-0.15, -0.1) is 0 Å². The molecule has 0 N–H and O–H groups in total. The van der Waals surface area contributed by atoms with Crippen LogP contribution in [0.1, 0.15) is 18.1 Å². The molecule has 0 amide bonds. The molecule has 17 heavy (non-hydrogen) atoms. The average molecular weight is 224 g/mol. The van der Waals surface area contributed by atoms with Crippen molar-refractivity contribution in [2.45, 2.75) is 13.3 Å². The van der Waals surface area contributed by atoms with Crippen molar-refractivity contribution in [3.8, 4) is 17.7 Å². The first-order valence-electron chi connectivity index (χ1n) is 5.46. The molecule has 0 saturated heterocycles. The molecule has 2 rings (SSSR count). The minimum absolute atomic E-state index is 0.357. The van der Waals surface area contributed by atoms with E-state index in [1.807, 2.05) is 24.3 Å². The summed E-state index contributed by atoms with van der Waals surface area (Å²) in [4.78, 5) is 4.08. The Labute approximate surface area is 100 Å². The van der Waals surface area contributed by atoms with Gasteiger partial charge in [0.25, 0.3) is 0 Å². The molecule has 2 aromatic rings. The molecule has 84 valence electrons. The Morgan fingerprint density at radius 2 is 2.06 bits per heavy atom. The average Bonchev–Trinajstić information content (AvgIpc) is 2.40. The van der Waals surface area contributed by atoms with Crippen molar-refractivity contribution in [3.05, 3.63) is 53.7 Å². The summed E-state index contributed by atoms with van der Waals surface area (Å²) in [7, 11) is 0. The van der Waals surface area contributed by atoms with Crippen LogP contribution in [0.25, 0.3) is 0 Å². The monoisotopic (exact) mass is 224 g/mol. The van der Waals surface area contributed by atoms with Gasteiger partial charge in [-0.1, -0.05) is 25.1 Å². The highest BCUT2D eigenvalue weighted by atomic mass is 16.5. The Morgan fingerprint density at radius 1 is 1.24 bits per heavy atom. The van der Waals surface area contributed by atoms with Gasteiger partial charge in [0.2, 0.25) is 5.88 Å². The fraction of sp³-hybridized carbons (Fsp3) is 0.143. The van der Waals surface area contributed by atoms with Crippen molar-refractivity contribution in [2.24, 2.45) is 0 Å². The second kappa shape index (κ2) is 5.13. The van der Waals surface area contributed by atoms with Crippen LogP contribution in [0.15, 0.2) is 42.6 Å². The van der Waals surface area contributed by atoms with Crippen molar-refractivity contribution in [1.82, 2.24) is 4.98 Å². The van der Waals surface area contributed by atoms with E-state index in [4.69, 9.17) is 10.00 Å². The van der Waals surface area contributed by atoms with E-state index in [9.17, 15) is 0 Å². The van der Waals surface area contributed by atoms with Crippen molar-refractivity contribution >= 4 is 0 Å². The number of pyridine rings is 1. The van der Waals surface area contributed by atoms with Crippen LogP contribution in [0, 0.1) is 11.3 Å². The number of aryl methyl sites for hydroxylation is 1. The number of benzene rings is 1. The predicted octanol–water partition coefficient (Wildman–Crippen LogP) is 3.31. The zero-order chi connectivity index (χ0) is 12.1. The normalized spacial score (nSPS) is 9.65. The van der Waals surface area contributed by atoms with Crippen molar-refractivity contribution in [3.63, 3.8) is 0 Å². The molecule has 3 heteroatoms. The van der Waals surface area contributed by atoms with E-state index in [1.54, 1.807) is 18.3 Å². The molecule has 0 bridgehead atoms. The van der Waals surface area contributed by atoms with E-state index in [0.29, 0.717) is 11.4 Å². The molecule has 1 heterocycles. The van der Waals surface area contributed by atoms with E-state index in [2.05, 4.69) is 18.0 Å². The first-order chi connectivity index (χ1) is 8.35. The third kappa shape index (κ3) is 2.43. The molecule has 0 unspecified atom stereocenters. The molecular formula is C14H12N2O. The number of aromatic nitrogens is 1. The molecule has 0 aliphatic carbocycles. The number of nitrogens with zero attached hydrogens (tertiary/aromatic N) is 2. The molecule has 0 saturated carbocycles. The molecule has 1 aromatic heterocycles. The van der Waals surface area contributed by atoms with E-state index in [0.717, 1.165) is 17.7 Å². The van der Waals surface area contributed by atoms with Gasteiger partial charge in [0.05, 0.1) is 0 Å². The van der Waals surface area contributed by atoms with E-state index in [1.165, 1.54) is 0 Å². The van der Waals surface area contributed by atoms with Gasteiger partial charge in [-0.2, -0.15) is 5.26 Å². The lowest BCUT2D eigenvalue weighted by Gasteiger charge is -2.09. The molecule has 0 fully saturated rings. The van der Waals surface area contributed by atoms with Gasteiger partial charge in [-0.3, -0.25) is 0 Å². The van der Waals surface area contributed by atoms with E-state index in [-0.39, 0.29) is 0 Å². The van der Waals surface area contributed by atoms with Crippen LogP contribution in [-0.4, -0.2) is 4.98 Å². The van der Waals surface area contributed by atoms with Crippen LogP contribution >= 0.6 is 0 Å². The fourth-order valence-electron chi connectivity index (χ4n) is 1.56. The summed E-state index contributed by atoms with van der Waals surface area (Å²) in [5, 5.41) is 8.95. The van der Waals surface area contributed by atoms with Crippen LogP contribution in [0.4, 0.5) is 0 Å². The highest BCUT2D eigenvalue weighted by Crippen LogP contribution is 2.25. The zero-order valence-corrected chi connectivity index (χ0v) is 9.55. The van der Waals surface area contributed by atoms with Crippen molar-refractivity contribution < 1.29 is 4.74 Å². The maximum absolute atomic E-state index is 8.95. The summed E-state index contributed by atoms with van der Waals surface area (Å²) >= 11 is 0. The lowest BCUT2D eigenvalue weighted by atomic mass is 10.1. The summed E-state index contributed by atoms with van der Waals surface area (Å²) in [6.45, 7) is 2.06. The number of para-hydroxylation sites is 1. The Kier molecular flexibility index (Phi) is 3.37. The summed E-state index contributed by atoms with van der Waals surface area (Å²) in [5.74, 6) is 1.11. The summed E-state index contributed by atoms with van der Waals surface area (Å²) in [6, 6.07) is 13.2. The van der Waals surface area contributed by atoms with Crippen LogP contribution in [0.2, 0.25) is 0 Å². The van der Waals surface area contributed by atoms with Crippen LogP contribution in [0.3, 0.4) is 0 Å². The van der Waals surface area contributed by atoms with Gasteiger partial charge in [-0.25, -0.2) is 4.98 Å². The van der Waals surface area contributed by atoms with Crippen LogP contribution < -0.4 is 4.74 Å². The number of ether oxygens (including phenoxy) is 1. The number of nitriles is 1. The largest absolute Gasteiger partial charge is 0.437 e. The maximum Gasteiger partial charge on any atom is 0.237 e. The third-order valence-corrected chi connectivity index (χ3v) is 2.45. The SMILES string of the molecule is CCc1ccccc1Oc1ncccc1C#N. The number of hydrogen-bond acceptors (Lipinski definition) is 3. The number of hydrogen-bond donors (Lipinski definition) is 0. The Bertz CT molecular complexity index is 558. The Balaban J connectivity index is 2.35. The molecular weight excluding hydrogens is 212 g/mol. The van der Waals surface area contributed by atoms with Gasteiger partial charge in [0, 0.05) is 6.20 Å². The molecule has 0 aliphatic heterocycles. The summed E-state index contributed by atoms with van der Waals surface area (Å²) in [5.41, 5.74) is 1.54. The van der Waals surface area contributed by atoms with Crippen molar-refractivity contribution in [2.75, 3.05) is 0 Å². The molecule has 0 radical (unpaired) electrons. The Hall–Kier alpha value is -2.34. The second-order valence-corrected chi connectivity index (χ2v) is 3.53. The maximum atomic E-state index is 8.95. The third-order valence-electron chi connectivity index (χ3n) is 2.45. The molecule has 0 atom stereocenters. The smallest absolute Gasteiger partial charge is 0.237 e. The van der Waals surface area contributed by atoms with Gasteiger partial charge < -0.3 is 4.74 Å². The van der Waals surface area contributed by atoms with Crippen LogP contribution in [-0.2, 0) is 6.42 Å². The van der Waals surface area contributed by atoms with Gasteiger partial charge in [0.15, 0.2) is 0 Å². The van der Waals surface area contributed by atoms with Crippen LogP contribution in [0.5, 0.6) is 11.6 Å². The fourth-order valence-corrected chi connectivity index (χ4v) is 1.56. The van der Waals surface area contributed by atoms with Crippen molar-refractivity contribution in [1.29, 1.82) is 5.26 Å². The minimum Gasteiger partial charge on any atom is -0.437 e. The standard InChI is InChI=1S/C14H12N2O/c1-2-11-6-3-4-8-13(11)17-14-12(10-15)7-5-9-16-14/h3-9H,2H2,1H3. The van der Waals surface area contributed by atoms with Gasteiger partial charge in [0.1, 0.15) is 17.4 Å². The minimum atomic E-state index is 0.357. The lowest BCUT2D eigenvalue weighted by molar-refractivity contribution is 0.456. The highest BCUT2D eigenvalue weighted by molar-refractivity contribution is 5.42. The predicted molar refractivity (Wildman–Crippen MR) is 64.8 cm³/mol.